The third-order valence-corrected chi connectivity index (χ3v) is 1.95. The molecule has 4 heteroatoms. The summed E-state index contributed by atoms with van der Waals surface area (Å²) in [6.45, 7) is 0. The van der Waals surface area contributed by atoms with Crippen molar-refractivity contribution in [1.82, 2.24) is 9.38 Å². The van der Waals surface area contributed by atoms with Gasteiger partial charge in [0.05, 0.1) is 0 Å². The molecule has 2 aromatic heterocycles. The minimum absolute atomic E-state index is 1.06. The molecule has 0 amide bonds. The largest absolute Gasteiger partial charge is 0.314 e. The lowest BCUT2D eigenvalue weighted by atomic mass is 9.94. The van der Waals surface area contributed by atoms with Crippen LogP contribution in [0.5, 0.6) is 0 Å². The fourth-order valence-corrected chi connectivity index (χ4v) is 1.28. The Balaban J connectivity index is 2.96. The van der Waals surface area contributed by atoms with Crippen LogP contribution in [0.15, 0.2) is 24.5 Å². The molecule has 2 rings (SSSR count). The Bertz CT molecular complexity index is 358. The highest BCUT2D eigenvalue weighted by atomic mass is 15.0. The van der Waals surface area contributed by atoms with Gasteiger partial charge in [-0.05, 0) is 11.1 Å². The van der Waals surface area contributed by atoms with Crippen LogP contribution in [0.2, 0.25) is 0 Å². The first-order chi connectivity index (χ1) is 5.29. The van der Waals surface area contributed by atoms with Crippen molar-refractivity contribution in [2.24, 2.45) is 0 Å². The average molecular weight is 142 g/mol. The summed E-state index contributed by atoms with van der Waals surface area (Å²) < 4.78 is 2.09. The summed E-state index contributed by atoms with van der Waals surface area (Å²) in [5.74, 6) is 0. The predicted octanol–water partition coefficient (Wildman–Crippen LogP) is -2.15. The maximum Gasteiger partial charge on any atom is 0.161 e. The zero-order chi connectivity index (χ0) is 7.84. The second-order valence-corrected chi connectivity index (χ2v) is 2.78. The van der Waals surface area contributed by atoms with Crippen LogP contribution in [0.3, 0.4) is 0 Å². The van der Waals surface area contributed by atoms with E-state index < -0.39 is 0 Å². The van der Waals surface area contributed by atoms with Gasteiger partial charge in [0, 0.05) is 12.4 Å². The molecule has 0 aliphatic heterocycles. The van der Waals surface area contributed by atoms with Crippen molar-refractivity contribution in [2.45, 2.75) is 0 Å². The van der Waals surface area contributed by atoms with E-state index in [1.54, 1.807) is 0 Å². The molecule has 0 radical (unpaired) electrons. The van der Waals surface area contributed by atoms with Crippen molar-refractivity contribution >= 4 is 32.4 Å². The van der Waals surface area contributed by atoms with Crippen molar-refractivity contribution in [1.29, 1.82) is 0 Å². The van der Waals surface area contributed by atoms with Gasteiger partial charge in [-0.15, -0.1) is 0 Å². The molecular formula is C7H8B2N2. The van der Waals surface area contributed by atoms with Gasteiger partial charge in [0.1, 0.15) is 13.5 Å². The molecule has 0 N–H and O–H groups in total. The maximum atomic E-state index is 4.24. The van der Waals surface area contributed by atoms with Gasteiger partial charge in [0.15, 0.2) is 7.85 Å². The third-order valence-electron chi connectivity index (χ3n) is 1.95. The van der Waals surface area contributed by atoms with Crippen molar-refractivity contribution in [3.63, 3.8) is 0 Å². The van der Waals surface area contributed by atoms with E-state index in [4.69, 9.17) is 0 Å². The summed E-state index contributed by atoms with van der Waals surface area (Å²) in [5, 5.41) is 0. The summed E-state index contributed by atoms with van der Waals surface area (Å²) in [5.41, 5.74) is 3.51. The number of fused-ring (bicyclic) bond motifs is 1. The number of rotatable bonds is 0. The highest BCUT2D eigenvalue weighted by molar-refractivity contribution is 6.38. The lowest BCUT2D eigenvalue weighted by Crippen LogP contribution is -2.19. The van der Waals surface area contributed by atoms with Gasteiger partial charge in [0.25, 0.3) is 0 Å². The summed E-state index contributed by atoms with van der Waals surface area (Å²) in [4.78, 5) is 4.24. The number of pyridine rings is 1. The first-order valence-electron chi connectivity index (χ1n) is 3.68. The quantitative estimate of drug-likeness (QED) is 0.383. The molecule has 0 unspecified atom stereocenters. The monoisotopic (exact) mass is 142 g/mol. The van der Waals surface area contributed by atoms with Gasteiger partial charge in [-0.2, -0.15) is 0 Å². The zero-order valence-electron chi connectivity index (χ0n) is 6.70. The number of nitrogens with zero attached hydrogens (tertiary/aromatic N) is 2. The van der Waals surface area contributed by atoms with Crippen molar-refractivity contribution < 1.29 is 0 Å². The van der Waals surface area contributed by atoms with Crippen LogP contribution in [-0.2, 0) is 0 Å². The van der Waals surface area contributed by atoms with Gasteiger partial charge < -0.3 is 4.40 Å². The first kappa shape index (κ1) is 6.53. The van der Waals surface area contributed by atoms with E-state index >= 15 is 0 Å². The minimum Gasteiger partial charge on any atom is -0.314 e. The second-order valence-electron chi connectivity index (χ2n) is 2.78. The van der Waals surface area contributed by atoms with Gasteiger partial charge >= 0.3 is 0 Å². The standard InChI is InChI=1S/C7H8B2N2/c8-5-1-2-6(9)11-4-3-10-7(5)11/h1-4H,8-9H2. The molecule has 0 saturated heterocycles. The second kappa shape index (κ2) is 2.16. The molecule has 0 bridgehead atoms. The smallest absolute Gasteiger partial charge is 0.161 e. The molecule has 2 nitrogen and oxygen atoms in total. The number of imidazole rings is 1. The molecule has 11 heavy (non-hydrogen) atoms. The lowest BCUT2D eigenvalue weighted by Gasteiger charge is -2.00. The molecule has 0 aliphatic rings. The summed E-state index contributed by atoms with van der Waals surface area (Å²) in [6, 6.07) is 4.20. The predicted molar refractivity (Wildman–Crippen MR) is 51.5 cm³/mol. The van der Waals surface area contributed by atoms with Crippen LogP contribution in [-0.4, -0.2) is 25.1 Å². The molecule has 0 aromatic carbocycles. The van der Waals surface area contributed by atoms with Crippen LogP contribution in [0.1, 0.15) is 0 Å². The summed E-state index contributed by atoms with van der Waals surface area (Å²) >= 11 is 0. The van der Waals surface area contributed by atoms with E-state index in [1.807, 2.05) is 12.4 Å². The van der Waals surface area contributed by atoms with E-state index in [2.05, 4.69) is 37.2 Å². The van der Waals surface area contributed by atoms with E-state index in [0.29, 0.717) is 0 Å². The summed E-state index contributed by atoms with van der Waals surface area (Å²) in [6.07, 6.45) is 3.81. The number of aromatic nitrogens is 2. The Morgan fingerprint density at radius 1 is 1.27 bits per heavy atom. The Hall–Kier alpha value is -1.18. The lowest BCUT2D eigenvalue weighted by molar-refractivity contribution is 1.25. The van der Waals surface area contributed by atoms with Crippen molar-refractivity contribution in [3.05, 3.63) is 24.5 Å². The topological polar surface area (TPSA) is 17.3 Å². The highest BCUT2D eigenvalue weighted by Crippen LogP contribution is 1.91. The molecule has 0 fully saturated rings. The summed E-state index contributed by atoms with van der Waals surface area (Å²) in [7, 11) is 4.15. The fraction of sp³-hybridized carbons (Fsp3) is 0. The molecule has 2 heterocycles. The normalized spacial score (nSPS) is 10.5. The minimum atomic E-state index is 1.06. The molecule has 52 valence electrons. The zero-order valence-corrected chi connectivity index (χ0v) is 6.70. The maximum absolute atomic E-state index is 4.24. The molecule has 0 aliphatic carbocycles. The first-order valence-corrected chi connectivity index (χ1v) is 3.68. The van der Waals surface area contributed by atoms with Crippen molar-refractivity contribution in [3.8, 4) is 0 Å². The Labute approximate surface area is 67.1 Å². The number of hydrogen-bond acceptors (Lipinski definition) is 1. The van der Waals surface area contributed by atoms with Crippen LogP contribution < -0.4 is 11.1 Å². The van der Waals surface area contributed by atoms with Crippen LogP contribution in [0.4, 0.5) is 0 Å². The SMILES string of the molecule is Bc1ccc(B)n2ccnc12. The van der Waals surface area contributed by atoms with Crippen LogP contribution in [0.25, 0.3) is 5.65 Å². The van der Waals surface area contributed by atoms with E-state index in [1.165, 1.54) is 11.1 Å². The van der Waals surface area contributed by atoms with E-state index in [0.717, 1.165) is 5.65 Å². The Kier molecular flexibility index (Phi) is 1.28. The Morgan fingerprint density at radius 2 is 2.09 bits per heavy atom. The van der Waals surface area contributed by atoms with Gasteiger partial charge in [-0.1, -0.05) is 12.1 Å². The van der Waals surface area contributed by atoms with Crippen molar-refractivity contribution in [2.75, 3.05) is 0 Å². The van der Waals surface area contributed by atoms with Gasteiger partial charge in [-0.3, -0.25) is 0 Å². The third kappa shape index (κ3) is 0.862. The van der Waals surface area contributed by atoms with Gasteiger partial charge in [0.2, 0.25) is 0 Å². The fourth-order valence-electron chi connectivity index (χ4n) is 1.28. The highest BCUT2D eigenvalue weighted by Gasteiger charge is 1.97. The van der Waals surface area contributed by atoms with E-state index in [-0.39, 0.29) is 0 Å². The number of hydrogen-bond donors (Lipinski definition) is 0. The molecule has 0 atom stereocenters. The average Bonchev–Trinajstić information content (AvgIpc) is 2.45. The molecule has 2 aromatic rings. The molecule has 0 saturated carbocycles. The molecular weight excluding hydrogens is 134 g/mol. The van der Waals surface area contributed by atoms with Gasteiger partial charge in [-0.25, -0.2) is 4.98 Å². The molecule has 0 spiro atoms. The van der Waals surface area contributed by atoms with Crippen LogP contribution in [0, 0.1) is 0 Å². The van der Waals surface area contributed by atoms with Crippen LogP contribution >= 0.6 is 0 Å². The van der Waals surface area contributed by atoms with E-state index in [9.17, 15) is 0 Å². The Morgan fingerprint density at radius 3 is 2.82 bits per heavy atom.